The molecule has 0 bridgehead atoms. The summed E-state index contributed by atoms with van der Waals surface area (Å²) in [5.41, 5.74) is 4.96. The predicted molar refractivity (Wildman–Crippen MR) is 107 cm³/mol. The van der Waals surface area contributed by atoms with Gasteiger partial charge in [-0.1, -0.05) is 11.8 Å². The van der Waals surface area contributed by atoms with E-state index in [2.05, 4.69) is 15.5 Å². The zero-order valence-corrected chi connectivity index (χ0v) is 16.8. The third-order valence-corrected chi connectivity index (χ3v) is 4.98. The lowest BCUT2D eigenvalue weighted by Gasteiger charge is -2.10. The number of carbonyl (C=O) groups is 2. The lowest BCUT2D eigenvalue weighted by Crippen LogP contribution is -2.18. The summed E-state index contributed by atoms with van der Waals surface area (Å²) in [7, 11) is 1.56. The molecule has 1 aromatic heterocycles. The van der Waals surface area contributed by atoms with Crippen molar-refractivity contribution in [1.29, 1.82) is 0 Å². The lowest BCUT2D eigenvalue weighted by molar-refractivity contribution is -0.113. The third kappa shape index (κ3) is 4.57. The van der Waals surface area contributed by atoms with Gasteiger partial charge in [-0.15, -0.1) is 10.2 Å². The highest BCUT2D eigenvalue weighted by atomic mass is 32.2. The van der Waals surface area contributed by atoms with Gasteiger partial charge < -0.3 is 15.8 Å². The normalized spacial score (nSPS) is 10.7. The molecule has 0 fully saturated rings. The number of halogens is 2. The number of anilines is 1. The molecule has 3 aromatic rings. The molecule has 0 spiro atoms. The number of nitrogens with one attached hydrogen (secondary N) is 1. The minimum absolute atomic E-state index is 0.128. The smallest absolute Gasteiger partial charge is 0.251 e. The van der Waals surface area contributed by atoms with Gasteiger partial charge in [-0.05, 0) is 37.3 Å². The fraction of sp³-hybridized carbons (Fsp3) is 0.158. The SMILES string of the molecule is COc1ccc(-n2c(C)nnc2SCC(=O)Nc2cc(C(N)=O)c(F)cc2F)cc1. The Bertz CT molecular complexity index is 1100. The van der Waals surface area contributed by atoms with Crippen molar-refractivity contribution in [3.05, 3.63) is 59.4 Å². The Morgan fingerprint density at radius 1 is 1.17 bits per heavy atom. The topological polar surface area (TPSA) is 112 Å². The van der Waals surface area contributed by atoms with Crippen molar-refractivity contribution in [3.8, 4) is 11.4 Å². The van der Waals surface area contributed by atoms with E-state index in [9.17, 15) is 18.4 Å². The number of aromatic nitrogens is 3. The predicted octanol–water partition coefficient (Wildman–Crippen LogP) is 2.69. The van der Waals surface area contributed by atoms with Gasteiger partial charge in [0, 0.05) is 11.8 Å². The van der Waals surface area contributed by atoms with Crippen molar-refractivity contribution >= 4 is 29.3 Å². The second-order valence-corrected chi connectivity index (χ2v) is 7.02. The van der Waals surface area contributed by atoms with E-state index < -0.39 is 29.0 Å². The van der Waals surface area contributed by atoms with Gasteiger partial charge in [-0.25, -0.2) is 8.78 Å². The number of hydrogen-bond donors (Lipinski definition) is 2. The van der Waals surface area contributed by atoms with E-state index >= 15 is 0 Å². The number of aryl methyl sites for hydroxylation is 1. The molecule has 30 heavy (non-hydrogen) atoms. The van der Waals surface area contributed by atoms with Crippen molar-refractivity contribution in [2.24, 2.45) is 5.73 Å². The summed E-state index contributed by atoms with van der Waals surface area (Å²) in [6, 6.07) is 8.55. The number of nitrogens with two attached hydrogens (primary N) is 1. The van der Waals surface area contributed by atoms with Crippen LogP contribution in [0.5, 0.6) is 5.75 Å². The van der Waals surface area contributed by atoms with Crippen molar-refractivity contribution < 1.29 is 23.1 Å². The zero-order valence-electron chi connectivity index (χ0n) is 16.0. The van der Waals surface area contributed by atoms with Gasteiger partial charge in [-0.2, -0.15) is 0 Å². The first-order valence-corrected chi connectivity index (χ1v) is 9.56. The van der Waals surface area contributed by atoms with E-state index in [0.29, 0.717) is 22.8 Å². The molecule has 156 valence electrons. The Balaban J connectivity index is 1.73. The molecule has 0 saturated heterocycles. The number of thioether (sulfide) groups is 1. The fourth-order valence-corrected chi connectivity index (χ4v) is 3.41. The van der Waals surface area contributed by atoms with Crippen molar-refractivity contribution in [1.82, 2.24) is 14.8 Å². The Morgan fingerprint density at radius 2 is 1.87 bits per heavy atom. The number of carbonyl (C=O) groups excluding carboxylic acids is 2. The van der Waals surface area contributed by atoms with Gasteiger partial charge in [0.1, 0.15) is 23.2 Å². The van der Waals surface area contributed by atoms with Gasteiger partial charge >= 0.3 is 0 Å². The van der Waals surface area contributed by atoms with Gasteiger partial charge in [-0.3, -0.25) is 14.2 Å². The summed E-state index contributed by atoms with van der Waals surface area (Å²) in [6.45, 7) is 1.76. The van der Waals surface area contributed by atoms with E-state index in [1.807, 2.05) is 12.1 Å². The maximum absolute atomic E-state index is 13.9. The highest BCUT2D eigenvalue weighted by Gasteiger charge is 2.17. The Hall–Kier alpha value is -3.47. The van der Waals surface area contributed by atoms with Crippen LogP contribution in [0.4, 0.5) is 14.5 Å². The van der Waals surface area contributed by atoms with Crippen LogP contribution in [0.1, 0.15) is 16.2 Å². The number of nitrogens with zero attached hydrogens (tertiary/aromatic N) is 3. The van der Waals surface area contributed by atoms with Crippen LogP contribution in [0.2, 0.25) is 0 Å². The first-order valence-electron chi connectivity index (χ1n) is 8.58. The summed E-state index contributed by atoms with van der Waals surface area (Å²) < 4.78 is 34.4. The number of amides is 2. The molecule has 11 heteroatoms. The molecule has 2 aromatic carbocycles. The summed E-state index contributed by atoms with van der Waals surface area (Å²) in [5, 5.41) is 10.8. The first-order chi connectivity index (χ1) is 14.3. The number of ether oxygens (including phenoxy) is 1. The van der Waals surface area contributed by atoms with Crippen LogP contribution in [0, 0.1) is 18.6 Å². The Kier molecular flexibility index (Phi) is 6.31. The van der Waals surface area contributed by atoms with Gasteiger partial charge in [0.25, 0.3) is 5.91 Å². The van der Waals surface area contributed by atoms with Crippen LogP contribution < -0.4 is 15.8 Å². The monoisotopic (exact) mass is 433 g/mol. The highest BCUT2D eigenvalue weighted by molar-refractivity contribution is 7.99. The number of hydrogen-bond acceptors (Lipinski definition) is 6. The molecule has 3 N–H and O–H groups in total. The van der Waals surface area contributed by atoms with Crippen LogP contribution in [0.3, 0.4) is 0 Å². The fourth-order valence-electron chi connectivity index (χ4n) is 2.61. The Labute approximate surface area is 174 Å². The standard InChI is InChI=1S/C19H17F2N5O3S/c1-10-24-25-19(26(10)11-3-5-12(29-2)6-4-11)30-9-17(27)23-16-7-13(18(22)28)14(20)8-15(16)21/h3-8H,9H2,1-2H3,(H2,22,28)(H,23,27). The first kappa shape index (κ1) is 21.2. The third-order valence-electron chi connectivity index (χ3n) is 4.05. The molecule has 0 saturated carbocycles. The summed E-state index contributed by atoms with van der Waals surface area (Å²) in [4.78, 5) is 23.5. The maximum atomic E-state index is 13.9. The molecule has 0 aliphatic carbocycles. The van der Waals surface area contributed by atoms with Crippen LogP contribution in [-0.4, -0.2) is 39.4 Å². The number of rotatable bonds is 7. The van der Waals surface area contributed by atoms with E-state index in [1.165, 1.54) is 0 Å². The van der Waals surface area contributed by atoms with E-state index in [1.54, 1.807) is 30.7 Å². The Morgan fingerprint density at radius 3 is 2.50 bits per heavy atom. The number of primary amides is 1. The lowest BCUT2D eigenvalue weighted by atomic mass is 10.1. The van der Waals surface area contributed by atoms with E-state index in [0.717, 1.165) is 23.5 Å². The summed E-state index contributed by atoms with van der Waals surface area (Å²) in [5.74, 6) is -2.60. The van der Waals surface area contributed by atoms with E-state index in [-0.39, 0.29) is 11.4 Å². The molecule has 8 nitrogen and oxygen atoms in total. The average molecular weight is 433 g/mol. The van der Waals surface area contributed by atoms with Crippen molar-refractivity contribution in [2.45, 2.75) is 12.1 Å². The molecule has 0 radical (unpaired) electrons. The molecular formula is C19H17F2N5O3S. The summed E-state index contributed by atoms with van der Waals surface area (Å²) >= 11 is 1.08. The number of methoxy groups -OCH3 is 1. The second-order valence-electron chi connectivity index (χ2n) is 6.08. The van der Waals surface area contributed by atoms with E-state index in [4.69, 9.17) is 10.5 Å². The van der Waals surface area contributed by atoms with Crippen molar-refractivity contribution in [3.63, 3.8) is 0 Å². The van der Waals surface area contributed by atoms with Gasteiger partial charge in [0.2, 0.25) is 5.91 Å². The van der Waals surface area contributed by atoms with Crippen LogP contribution in [0.25, 0.3) is 5.69 Å². The van der Waals surface area contributed by atoms with Gasteiger partial charge in [0.15, 0.2) is 5.16 Å². The van der Waals surface area contributed by atoms with Crippen LogP contribution >= 0.6 is 11.8 Å². The van der Waals surface area contributed by atoms with Crippen LogP contribution in [-0.2, 0) is 4.79 Å². The van der Waals surface area contributed by atoms with Gasteiger partial charge in [0.05, 0.1) is 24.1 Å². The largest absolute Gasteiger partial charge is 0.497 e. The summed E-state index contributed by atoms with van der Waals surface area (Å²) in [6.07, 6.45) is 0. The molecule has 0 aliphatic rings. The molecule has 1 heterocycles. The molecule has 2 amide bonds. The minimum atomic E-state index is -1.10. The second kappa shape index (κ2) is 8.91. The quantitative estimate of drug-likeness (QED) is 0.554. The molecule has 0 unspecified atom stereocenters. The molecule has 0 atom stereocenters. The zero-order chi connectivity index (χ0) is 21.8. The molecule has 0 aliphatic heterocycles. The molecular weight excluding hydrogens is 416 g/mol. The van der Waals surface area contributed by atoms with Crippen LogP contribution in [0.15, 0.2) is 41.6 Å². The number of benzene rings is 2. The minimum Gasteiger partial charge on any atom is -0.497 e. The highest BCUT2D eigenvalue weighted by Crippen LogP contribution is 2.24. The van der Waals surface area contributed by atoms with Crippen molar-refractivity contribution in [2.75, 3.05) is 18.2 Å². The maximum Gasteiger partial charge on any atom is 0.251 e. The molecule has 3 rings (SSSR count). The average Bonchev–Trinajstić information content (AvgIpc) is 3.08.